The first-order valence-corrected chi connectivity index (χ1v) is 41.8. The molecule has 14 aromatic rings. The molecule has 0 spiro atoms. The van der Waals surface area contributed by atoms with Gasteiger partial charge in [-0.05, 0) is 191 Å². The predicted molar refractivity (Wildman–Crippen MR) is 480 cm³/mol. The van der Waals surface area contributed by atoms with Gasteiger partial charge in [0.25, 0.3) is 10.4 Å². The Bertz CT molecular complexity index is 5980. The molecule has 0 saturated heterocycles. The lowest BCUT2D eigenvalue weighted by Gasteiger charge is -2.15. The van der Waals surface area contributed by atoms with Crippen molar-refractivity contribution in [3.05, 3.63) is 294 Å². The van der Waals surface area contributed by atoms with Gasteiger partial charge in [-0.1, -0.05) is 170 Å². The quantitative estimate of drug-likeness (QED) is 0.0337. The summed E-state index contributed by atoms with van der Waals surface area (Å²) in [5.74, 6) is -2.69. The Balaban J connectivity index is 0.000000173. The van der Waals surface area contributed by atoms with Crippen LogP contribution in [0.25, 0.3) is 75.4 Å². The van der Waals surface area contributed by atoms with Crippen LogP contribution in [0.2, 0.25) is 0 Å². The van der Waals surface area contributed by atoms with Gasteiger partial charge < -0.3 is 53.2 Å². The summed E-state index contributed by atoms with van der Waals surface area (Å²) in [4.78, 5) is 99.8. The minimum atomic E-state index is -1.18. The van der Waals surface area contributed by atoms with Gasteiger partial charge in [0.05, 0.1) is 81.6 Å². The molecule has 0 bridgehead atoms. The van der Waals surface area contributed by atoms with Crippen LogP contribution in [0, 0.1) is 0 Å². The summed E-state index contributed by atoms with van der Waals surface area (Å²) in [6.45, 7) is 0. The fraction of sp³-hybridized carbons (Fsp3) is 0.141. The number of aromatic hydroxyl groups is 1. The fourth-order valence-corrected chi connectivity index (χ4v) is 14.6. The number of aromatic carboxylic acids is 1. The Morgan fingerprint density at radius 1 is 0.361 bits per heavy atom. The van der Waals surface area contributed by atoms with Crippen molar-refractivity contribution in [1.82, 2.24) is 9.80 Å². The van der Waals surface area contributed by atoms with Gasteiger partial charge in [0.15, 0.2) is 0 Å². The molecule has 2 unspecified atom stereocenters. The molecule has 0 aliphatic carbocycles. The van der Waals surface area contributed by atoms with Crippen molar-refractivity contribution in [3.63, 3.8) is 0 Å². The van der Waals surface area contributed by atoms with Crippen LogP contribution in [0.15, 0.2) is 279 Å². The van der Waals surface area contributed by atoms with Crippen LogP contribution in [0.5, 0.6) is 11.5 Å². The minimum absolute atomic E-state index is 0.0640. The highest BCUT2D eigenvalue weighted by atomic mass is 32.2. The number of amides is 1. The van der Waals surface area contributed by atoms with E-state index in [0.717, 1.165) is 96.5 Å². The van der Waals surface area contributed by atoms with Crippen LogP contribution in [0.4, 0.5) is 4.79 Å². The number of hydrogen-bond acceptors (Lipinski definition) is 22. The Kier molecular flexibility index (Phi) is 34.2. The second-order valence-electron chi connectivity index (χ2n) is 25.8. The number of nitrogens with zero attached hydrogens (tertiary/aromatic N) is 2. The van der Waals surface area contributed by atoms with Crippen LogP contribution in [-0.4, -0.2) is 170 Å². The first-order chi connectivity index (χ1) is 57.0. The van der Waals surface area contributed by atoms with Gasteiger partial charge in [-0.25, -0.2) is 33.6 Å². The van der Waals surface area contributed by atoms with E-state index in [0.29, 0.717) is 59.5 Å². The summed E-state index contributed by atoms with van der Waals surface area (Å²) >= 11 is 12.1. The number of methoxy groups -OCH3 is 6. The molecule has 0 fully saturated rings. The van der Waals surface area contributed by atoms with Gasteiger partial charge in [0.2, 0.25) is 0 Å². The zero-order valence-corrected chi connectivity index (χ0v) is 71.9. The maximum absolute atomic E-state index is 11.9. The summed E-state index contributed by atoms with van der Waals surface area (Å²) in [5.41, 5.74) is 3.15. The second-order valence-corrected chi connectivity index (χ2v) is 31.3. The van der Waals surface area contributed by atoms with Crippen molar-refractivity contribution in [2.75, 3.05) is 89.6 Å². The van der Waals surface area contributed by atoms with E-state index in [-0.39, 0.29) is 28.5 Å². The van der Waals surface area contributed by atoms with Crippen LogP contribution in [-0.2, 0) is 50.0 Å². The molecule has 14 aromatic carbocycles. The van der Waals surface area contributed by atoms with E-state index in [9.17, 15) is 51.9 Å². The Labute approximate surface area is 711 Å². The average molecular weight is 1710 g/mol. The van der Waals surface area contributed by atoms with Crippen LogP contribution in [0.1, 0.15) is 72.5 Å². The van der Waals surface area contributed by atoms with Crippen molar-refractivity contribution in [3.8, 4) is 11.5 Å². The maximum atomic E-state index is 11.9. The zero-order valence-electron chi connectivity index (χ0n) is 67.0. The number of carboxylic acids is 1. The van der Waals surface area contributed by atoms with Gasteiger partial charge in [0.1, 0.15) is 11.5 Å². The first kappa shape index (κ1) is 92.0. The highest BCUT2D eigenvalue weighted by Crippen LogP contribution is 2.33. The number of thiocarbonyl (C=S) groups is 1. The zero-order chi connectivity index (χ0) is 86.7. The van der Waals surface area contributed by atoms with Crippen molar-refractivity contribution >= 4 is 198 Å². The highest BCUT2D eigenvalue weighted by molar-refractivity contribution is 8.13. The van der Waals surface area contributed by atoms with Crippen molar-refractivity contribution in [1.29, 1.82) is 0 Å². The number of thioether (sulfide) groups is 2. The lowest BCUT2D eigenvalue weighted by atomic mass is 10.0. The van der Waals surface area contributed by atoms with Gasteiger partial charge in [-0.3, -0.25) is 13.2 Å². The highest BCUT2D eigenvalue weighted by Gasteiger charge is 2.20. The number of hydrogen-bond donors (Lipinski definition) is 3. The number of carboxylic acid groups (broad SMARTS) is 1. The smallest absolute Gasteiger partial charge is 0.338 e. The maximum Gasteiger partial charge on any atom is 0.338 e. The molecule has 27 heteroatoms. The van der Waals surface area contributed by atoms with E-state index in [4.69, 9.17) is 45.7 Å². The molecular formula is C92H84N2O19S6. The number of phenolic OH excluding ortho intramolecular Hbond substituents is 1. The van der Waals surface area contributed by atoms with Crippen molar-refractivity contribution < 1.29 is 90.1 Å². The fourth-order valence-electron chi connectivity index (χ4n) is 11.8. The molecule has 1 amide bonds. The van der Waals surface area contributed by atoms with E-state index >= 15 is 0 Å². The Hall–Kier alpha value is -12.5. The normalized spacial score (nSPS) is 10.9. The number of benzene rings is 14. The standard InChI is InChI=1S/2C15H15NO3S.C13H12O3S.C13H12O2S.C12H10O3S.C12H10O3.C12H10O2S/c1-16(2)15(18)20-11-8-10-6-4-5-7-12(10)13(9-11)14(17)19-3;1-16(2)15(20)19-11-8-10-6-4-5-7-12(10)13(9-11)14(17)18-3;1-16-13(14)12-8-10(17(2)15)7-9-5-3-4-6-11(9)12;1-15-13(14)12-8-10(16-2)7-9-5-3-4-6-11(9)12;1-16(15)9-6-8-4-2-3-5-10(8)11(7-9)12(13)14;1-15-12(14)11-7-9(13)6-8-4-2-3-5-10(8)11;1-14-12(13)11-7-9(15)6-8-4-2-3-5-10(8)11/h2*4-9H,1-3H3;3-8H,1-2H3;3-8H,1-2H3;2-7H,1H3,(H,13,14);2-7,13H,1H3;2-7,15H,1H3. The number of thiol groups is 1. The second kappa shape index (κ2) is 44.2. The van der Waals surface area contributed by atoms with E-state index in [1.165, 1.54) is 65.9 Å². The van der Waals surface area contributed by atoms with E-state index < -0.39 is 51.4 Å². The summed E-state index contributed by atoms with van der Waals surface area (Å²) in [6.07, 6.45) is 5.12. The molecule has 0 saturated carbocycles. The van der Waals surface area contributed by atoms with Crippen LogP contribution in [0.3, 0.4) is 0 Å². The SMILES string of the molecule is COC(=O)c1cc(O)cc2ccccc12.COC(=O)c1cc(OC(=S)N(C)C)cc2ccccc12.COC(=O)c1cc(S(C)=O)cc2ccccc12.COC(=O)c1cc(S)cc2ccccc12.COC(=O)c1cc(SC(=O)N(C)C)cc2ccccc12.COC(=O)c1cc(SC)cc2ccccc12.CS(=O)c1cc(C(=O)O)c2ccccc2c1. The number of carbonyl (C=O) groups excluding carboxylic acids is 7. The molecule has 119 heavy (non-hydrogen) atoms. The summed E-state index contributed by atoms with van der Waals surface area (Å²) in [5, 5.41) is 30.9. The van der Waals surface area contributed by atoms with Crippen LogP contribution < -0.4 is 4.74 Å². The molecule has 0 heterocycles. The molecule has 14 rings (SSSR count). The van der Waals surface area contributed by atoms with Crippen LogP contribution >= 0.6 is 48.4 Å². The van der Waals surface area contributed by atoms with Gasteiger partial charge in [-0.2, -0.15) is 0 Å². The third-order valence-electron chi connectivity index (χ3n) is 17.6. The number of ether oxygens (including phenoxy) is 7. The molecule has 0 aromatic heterocycles. The summed E-state index contributed by atoms with van der Waals surface area (Å²) in [7, 11) is 12.8. The van der Waals surface area contributed by atoms with E-state index in [2.05, 4.69) is 23.4 Å². The number of fused-ring (bicyclic) bond motifs is 7. The van der Waals surface area contributed by atoms with E-state index in [1.807, 2.05) is 194 Å². The number of phenols is 1. The first-order valence-electron chi connectivity index (χ1n) is 35.8. The number of carbonyl (C=O) groups is 8. The molecule has 21 nitrogen and oxygen atoms in total. The molecule has 612 valence electrons. The van der Waals surface area contributed by atoms with Gasteiger partial charge in [0, 0.05) is 86.8 Å². The third-order valence-corrected chi connectivity index (χ3v) is 21.8. The van der Waals surface area contributed by atoms with Gasteiger partial charge >= 0.3 is 41.8 Å². The minimum Gasteiger partial charge on any atom is -0.508 e. The van der Waals surface area contributed by atoms with E-state index in [1.54, 1.807) is 99.6 Å². The van der Waals surface area contributed by atoms with Crippen molar-refractivity contribution in [2.45, 2.75) is 24.5 Å². The monoisotopic (exact) mass is 1710 g/mol. The third kappa shape index (κ3) is 24.6. The summed E-state index contributed by atoms with van der Waals surface area (Å²) in [6, 6.07) is 77.0. The average Bonchev–Trinajstić information content (AvgIpc) is 0.740. The molecule has 0 radical (unpaired) electrons. The molecular weight excluding hydrogens is 1630 g/mol. The number of rotatable bonds is 12. The Morgan fingerprint density at radius 3 is 0.992 bits per heavy atom. The lowest BCUT2D eigenvalue weighted by molar-refractivity contribution is 0.0593. The Morgan fingerprint density at radius 2 is 0.647 bits per heavy atom. The number of esters is 6. The largest absolute Gasteiger partial charge is 0.508 e. The van der Waals surface area contributed by atoms with Gasteiger partial charge in [-0.15, -0.1) is 24.4 Å². The predicted octanol–water partition coefficient (Wildman–Crippen LogP) is 19.5. The molecule has 0 aliphatic rings. The summed E-state index contributed by atoms with van der Waals surface area (Å²) < 4.78 is 57.0. The molecule has 0 aliphatic heterocycles. The topological polar surface area (TPSA) is 282 Å². The molecule has 2 atom stereocenters. The molecule has 2 N–H and O–H groups in total. The lowest BCUT2D eigenvalue weighted by Crippen LogP contribution is -2.25. The van der Waals surface area contributed by atoms with Crippen molar-refractivity contribution in [2.24, 2.45) is 0 Å².